The number of thiophene rings is 1. The van der Waals surface area contributed by atoms with Gasteiger partial charge < -0.3 is 0 Å². The maximum Gasteiger partial charge on any atom is 0.142 e. The van der Waals surface area contributed by atoms with Crippen LogP contribution in [0.5, 0.6) is 0 Å². The van der Waals surface area contributed by atoms with Crippen LogP contribution in [0.1, 0.15) is 44.6 Å². The Bertz CT molecular complexity index is 330. The Labute approximate surface area is 108 Å². The molecule has 0 saturated carbocycles. The third kappa shape index (κ3) is 7.05. The lowest BCUT2D eigenvalue weighted by molar-refractivity contribution is -0.117. The molecule has 1 rings (SSSR count). The van der Waals surface area contributed by atoms with Gasteiger partial charge in [0.1, 0.15) is 5.78 Å². The number of nitrogens with zero attached hydrogens (tertiary/aromatic N) is 1. The van der Waals surface area contributed by atoms with Crippen molar-refractivity contribution in [3.63, 3.8) is 0 Å². The van der Waals surface area contributed by atoms with Crippen LogP contribution in [0, 0.1) is 0 Å². The lowest BCUT2D eigenvalue weighted by atomic mass is 10.1. The topological polar surface area (TPSA) is 29.4 Å². The summed E-state index contributed by atoms with van der Waals surface area (Å²) in [5.41, 5.74) is 1.12. The second-order valence-corrected chi connectivity index (χ2v) is 4.98. The number of aliphatic imine (C=N–C) groups is 1. The fourth-order valence-corrected chi connectivity index (χ4v) is 2.25. The van der Waals surface area contributed by atoms with Crippen molar-refractivity contribution in [2.45, 2.75) is 45.4 Å². The van der Waals surface area contributed by atoms with Gasteiger partial charge in [-0.1, -0.05) is 26.2 Å². The van der Waals surface area contributed by atoms with E-state index >= 15 is 0 Å². The van der Waals surface area contributed by atoms with Crippen LogP contribution in [-0.2, 0) is 11.2 Å². The van der Waals surface area contributed by atoms with E-state index in [1.807, 2.05) is 16.8 Å². The van der Waals surface area contributed by atoms with Crippen LogP contribution < -0.4 is 0 Å². The van der Waals surface area contributed by atoms with Gasteiger partial charge in [-0.25, -0.2) is 0 Å². The minimum atomic E-state index is 0.251. The number of ketones is 1. The average Bonchev–Trinajstić information content (AvgIpc) is 2.80. The van der Waals surface area contributed by atoms with E-state index in [4.69, 9.17) is 0 Å². The average molecular weight is 251 g/mol. The van der Waals surface area contributed by atoms with E-state index in [0.717, 1.165) is 18.5 Å². The van der Waals surface area contributed by atoms with E-state index in [2.05, 4.69) is 11.9 Å². The SMILES string of the molecule is CCCCCCN=CCC(=O)Cc1ccsc1. The summed E-state index contributed by atoms with van der Waals surface area (Å²) in [5, 5.41) is 4.03. The smallest absolute Gasteiger partial charge is 0.142 e. The zero-order valence-corrected chi connectivity index (χ0v) is 11.3. The Kier molecular flexibility index (Phi) is 7.56. The van der Waals surface area contributed by atoms with Gasteiger partial charge in [0.25, 0.3) is 0 Å². The van der Waals surface area contributed by atoms with Crippen molar-refractivity contribution in [1.82, 2.24) is 0 Å². The fraction of sp³-hybridized carbons (Fsp3) is 0.571. The Morgan fingerprint density at radius 2 is 2.29 bits per heavy atom. The van der Waals surface area contributed by atoms with Crippen molar-refractivity contribution < 1.29 is 4.79 Å². The molecule has 17 heavy (non-hydrogen) atoms. The summed E-state index contributed by atoms with van der Waals surface area (Å²) in [7, 11) is 0. The van der Waals surface area contributed by atoms with Gasteiger partial charge in [0.05, 0.1) is 0 Å². The molecule has 0 amide bonds. The first-order chi connectivity index (χ1) is 8.33. The Morgan fingerprint density at radius 1 is 1.41 bits per heavy atom. The zero-order chi connectivity index (χ0) is 12.3. The zero-order valence-electron chi connectivity index (χ0n) is 10.5. The number of rotatable bonds is 9. The van der Waals surface area contributed by atoms with Crippen molar-refractivity contribution in [3.8, 4) is 0 Å². The monoisotopic (exact) mass is 251 g/mol. The van der Waals surface area contributed by atoms with Crippen LogP contribution in [0.25, 0.3) is 0 Å². The normalized spacial score (nSPS) is 11.1. The van der Waals surface area contributed by atoms with Gasteiger partial charge in [0, 0.05) is 25.6 Å². The standard InChI is InChI=1S/C14H21NOS/c1-2-3-4-5-8-15-9-6-14(16)11-13-7-10-17-12-13/h7,9-10,12H,2-6,8,11H2,1H3. The van der Waals surface area contributed by atoms with Gasteiger partial charge in [-0.2, -0.15) is 11.3 Å². The van der Waals surface area contributed by atoms with Crippen molar-refractivity contribution in [2.75, 3.05) is 6.54 Å². The summed E-state index contributed by atoms with van der Waals surface area (Å²) in [4.78, 5) is 15.8. The van der Waals surface area contributed by atoms with Crippen molar-refractivity contribution >= 4 is 23.3 Å². The molecule has 0 aliphatic rings. The summed E-state index contributed by atoms with van der Waals surface area (Å²) in [5.74, 6) is 0.251. The second-order valence-electron chi connectivity index (χ2n) is 4.20. The Balaban J connectivity index is 2.05. The quantitative estimate of drug-likeness (QED) is 0.483. The van der Waals surface area contributed by atoms with Crippen molar-refractivity contribution in [1.29, 1.82) is 0 Å². The first kappa shape index (κ1) is 14.1. The third-order valence-electron chi connectivity index (χ3n) is 2.57. The lowest BCUT2D eigenvalue weighted by Crippen LogP contribution is -2.02. The number of hydrogen-bond acceptors (Lipinski definition) is 3. The molecule has 0 atom stereocenters. The Hall–Kier alpha value is -0.960. The summed E-state index contributed by atoms with van der Waals surface area (Å²) in [6.45, 7) is 3.07. The van der Waals surface area contributed by atoms with Crippen molar-refractivity contribution in [3.05, 3.63) is 22.4 Å². The van der Waals surface area contributed by atoms with Crippen LogP contribution in [0.3, 0.4) is 0 Å². The van der Waals surface area contributed by atoms with Gasteiger partial charge >= 0.3 is 0 Å². The molecule has 1 aromatic heterocycles. The highest BCUT2D eigenvalue weighted by Crippen LogP contribution is 2.07. The Morgan fingerprint density at radius 3 is 3.00 bits per heavy atom. The molecule has 0 fully saturated rings. The van der Waals surface area contributed by atoms with Gasteiger partial charge in [-0.15, -0.1) is 0 Å². The first-order valence-corrected chi connectivity index (χ1v) is 7.28. The van der Waals surface area contributed by atoms with Crippen LogP contribution in [-0.4, -0.2) is 18.5 Å². The molecule has 94 valence electrons. The molecule has 1 aromatic rings. The molecular weight excluding hydrogens is 230 g/mol. The first-order valence-electron chi connectivity index (χ1n) is 6.34. The molecule has 1 heterocycles. The van der Waals surface area contributed by atoms with Gasteiger partial charge in [0.15, 0.2) is 0 Å². The lowest BCUT2D eigenvalue weighted by Gasteiger charge is -1.95. The second kappa shape index (κ2) is 9.11. The molecule has 0 unspecified atom stereocenters. The number of hydrogen-bond donors (Lipinski definition) is 0. The van der Waals surface area contributed by atoms with E-state index < -0.39 is 0 Å². The molecular formula is C14H21NOS. The van der Waals surface area contributed by atoms with Gasteiger partial charge in [0.2, 0.25) is 0 Å². The maximum absolute atomic E-state index is 11.6. The largest absolute Gasteiger partial charge is 0.299 e. The van der Waals surface area contributed by atoms with E-state index in [9.17, 15) is 4.79 Å². The van der Waals surface area contributed by atoms with Gasteiger partial charge in [-0.05, 0) is 28.8 Å². The maximum atomic E-state index is 11.6. The van der Waals surface area contributed by atoms with E-state index in [-0.39, 0.29) is 5.78 Å². The highest BCUT2D eigenvalue weighted by atomic mass is 32.1. The molecule has 0 bridgehead atoms. The third-order valence-corrected chi connectivity index (χ3v) is 3.30. The molecule has 0 radical (unpaired) electrons. The molecule has 2 nitrogen and oxygen atoms in total. The predicted molar refractivity (Wildman–Crippen MR) is 75.1 cm³/mol. The van der Waals surface area contributed by atoms with Crippen LogP contribution >= 0.6 is 11.3 Å². The highest BCUT2D eigenvalue weighted by Gasteiger charge is 2.01. The fourth-order valence-electron chi connectivity index (χ4n) is 1.58. The van der Waals surface area contributed by atoms with E-state index in [0.29, 0.717) is 12.8 Å². The number of carbonyl (C=O) groups is 1. The molecule has 0 saturated heterocycles. The minimum Gasteiger partial charge on any atom is -0.299 e. The highest BCUT2D eigenvalue weighted by molar-refractivity contribution is 7.07. The number of unbranched alkanes of at least 4 members (excludes halogenated alkanes) is 3. The molecule has 0 aliphatic carbocycles. The van der Waals surface area contributed by atoms with Crippen molar-refractivity contribution in [2.24, 2.45) is 4.99 Å². The molecule has 0 aliphatic heterocycles. The van der Waals surface area contributed by atoms with Crippen LogP contribution in [0.4, 0.5) is 0 Å². The molecule has 0 aromatic carbocycles. The summed E-state index contributed by atoms with van der Waals surface area (Å²) < 4.78 is 0. The van der Waals surface area contributed by atoms with Crippen LogP contribution in [0.2, 0.25) is 0 Å². The summed E-state index contributed by atoms with van der Waals surface area (Å²) in [6, 6.07) is 2.00. The number of carbonyl (C=O) groups excluding carboxylic acids is 1. The van der Waals surface area contributed by atoms with E-state index in [1.165, 1.54) is 19.3 Å². The molecule has 0 N–H and O–H groups in total. The molecule has 3 heteroatoms. The molecule has 0 spiro atoms. The van der Waals surface area contributed by atoms with E-state index in [1.54, 1.807) is 17.6 Å². The summed E-state index contributed by atoms with van der Waals surface area (Å²) >= 11 is 1.64. The predicted octanol–water partition coefficient (Wildman–Crippen LogP) is 3.90. The van der Waals surface area contributed by atoms with Crippen LogP contribution in [0.15, 0.2) is 21.8 Å². The van der Waals surface area contributed by atoms with Gasteiger partial charge in [-0.3, -0.25) is 9.79 Å². The minimum absolute atomic E-state index is 0.251. The number of Topliss-reactive ketones (excluding diaryl/α,β-unsaturated/α-hetero) is 1. The summed E-state index contributed by atoms with van der Waals surface area (Å²) in [6.07, 6.45) is 7.73.